The van der Waals surface area contributed by atoms with E-state index in [-0.39, 0.29) is 5.94 Å². The van der Waals surface area contributed by atoms with Crippen molar-refractivity contribution in [1.82, 2.24) is 0 Å². The zero-order valence-electron chi connectivity index (χ0n) is 7.62. The van der Waals surface area contributed by atoms with Gasteiger partial charge in [-0.3, -0.25) is 0 Å². The van der Waals surface area contributed by atoms with E-state index in [1.54, 1.807) is 13.8 Å². The highest BCUT2D eigenvalue weighted by atomic mass is 32.2. The summed E-state index contributed by atoms with van der Waals surface area (Å²) in [4.78, 5) is 0. The maximum atomic E-state index is 11.3. The molecule has 0 bridgehead atoms. The van der Waals surface area contributed by atoms with Gasteiger partial charge < -0.3 is 10.5 Å². The van der Waals surface area contributed by atoms with E-state index in [1.165, 1.54) is 0 Å². The van der Waals surface area contributed by atoms with Gasteiger partial charge in [0.15, 0.2) is 9.84 Å². The standard InChI is InChI=1S/C7H17NO3S/c1-3-11-6-12(9,10)7(2)4-5-8/h7H,3-6,8H2,1-2H3. The third-order valence-electron chi connectivity index (χ3n) is 1.64. The topological polar surface area (TPSA) is 69.4 Å². The molecule has 0 saturated carbocycles. The molecule has 4 nitrogen and oxygen atoms in total. The highest BCUT2D eigenvalue weighted by Crippen LogP contribution is 2.05. The van der Waals surface area contributed by atoms with Crippen LogP contribution in [0.3, 0.4) is 0 Å². The van der Waals surface area contributed by atoms with E-state index < -0.39 is 15.1 Å². The molecule has 2 N–H and O–H groups in total. The largest absolute Gasteiger partial charge is 0.366 e. The van der Waals surface area contributed by atoms with Crippen LogP contribution < -0.4 is 5.73 Å². The molecule has 1 unspecified atom stereocenters. The average molecular weight is 195 g/mol. The van der Waals surface area contributed by atoms with Gasteiger partial charge in [-0.15, -0.1) is 0 Å². The van der Waals surface area contributed by atoms with Gasteiger partial charge in [0.05, 0.1) is 5.25 Å². The van der Waals surface area contributed by atoms with Crippen LogP contribution in [0.2, 0.25) is 0 Å². The Bertz CT molecular complexity index is 201. The lowest BCUT2D eigenvalue weighted by molar-refractivity contribution is 0.191. The van der Waals surface area contributed by atoms with E-state index >= 15 is 0 Å². The molecule has 0 aromatic rings. The second-order valence-corrected chi connectivity index (χ2v) is 5.03. The van der Waals surface area contributed by atoms with Gasteiger partial charge in [-0.05, 0) is 26.8 Å². The number of ether oxygens (including phenoxy) is 1. The fourth-order valence-electron chi connectivity index (χ4n) is 0.730. The van der Waals surface area contributed by atoms with Crippen molar-refractivity contribution in [3.63, 3.8) is 0 Å². The molecule has 74 valence electrons. The van der Waals surface area contributed by atoms with Crippen molar-refractivity contribution in [2.24, 2.45) is 5.73 Å². The van der Waals surface area contributed by atoms with E-state index in [9.17, 15) is 8.42 Å². The monoisotopic (exact) mass is 195 g/mol. The summed E-state index contributed by atoms with van der Waals surface area (Å²) in [6.45, 7) is 4.24. The molecule has 0 aromatic heterocycles. The first-order chi connectivity index (χ1) is 5.54. The van der Waals surface area contributed by atoms with Gasteiger partial charge in [0, 0.05) is 6.61 Å². The first-order valence-electron chi connectivity index (χ1n) is 4.04. The summed E-state index contributed by atoms with van der Waals surface area (Å²) in [5.74, 6) is -0.190. The number of hydrogen-bond acceptors (Lipinski definition) is 4. The maximum absolute atomic E-state index is 11.3. The Morgan fingerprint density at radius 1 is 1.50 bits per heavy atom. The first kappa shape index (κ1) is 11.9. The van der Waals surface area contributed by atoms with Crippen LogP contribution in [-0.2, 0) is 14.6 Å². The predicted octanol–water partition coefficient (Wildman–Crippen LogP) is 0.132. The van der Waals surface area contributed by atoms with E-state index in [4.69, 9.17) is 10.5 Å². The van der Waals surface area contributed by atoms with Gasteiger partial charge in [-0.2, -0.15) is 0 Å². The highest BCUT2D eigenvalue weighted by Gasteiger charge is 2.19. The van der Waals surface area contributed by atoms with Crippen molar-refractivity contribution in [2.75, 3.05) is 19.1 Å². The van der Waals surface area contributed by atoms with Crippen molar-refractivity contribution in [1.29, 1.82) is 0 Å². The minimum absolute atomic E-state index is 0.190. The molecule has 0 amide bonds. The van der Waals surface area contributed by atoms with Gasteiger partial charge in [-0.1, -0.05) is 0 Å². The predicted molar refractivity (Wildman–Crippen MR) is 48.5 cm³/mol. The van der Waals surface area contributed by atoms with E-state index in [0.717, 1.165) is 0 Å². The van der Waals surface area contributed by atoms with Crippen LogP contribution in [0, 0.1) is 0 Å². The molecule has 0 aliphatic carbocycles. The molecule has 0 aliphatic rings. The summed E-state index contributed by atoms with van der Waals surface area (Å²) in [5.41, 5.74) is 5.25. The fourth-order valence-corrected chi connectivity index (χ4v) is 1.86. The molecule has 0 rings (SSSR count). The van der Waals surface area contributed by atoms with Crippen LogP contribution in [-0.4, -0.2) is 32.8 Å². The van der Waals surface area contributed by atoms with Gasteiger partial charge in [0.1, 0.15) is 5.94 Å². The van der Waals surface area contributed by atoms with Gasteiger partial charge in [0.2, 0.25) is 0 Å². The lowest BCUT2D eigenvalue weighted by atomic mass is 10.3. The molecule has 0 aliphatic heterocycles. The number of nitrogens with two attached hydrogens (primary N) is 1. The Morgan fingerprint density at radius 2 is 2.08 bits per heavy atom. The fraction of sp³-hybridized carbons (Fsp3) is 1.00. The summed E-state index contributed by atoms with van der Waals surface area (Å²) < 4.78 is 27.4. The van der Waals surface area contributed by atoms with Crippen LogP contribution in [0.5, 0.6) is 0 Å². The molecular weight excluding hydrogens is 178 g/mol. The molecule has 0 saturated heterocycles. The SMILES string of the molecule is CCOCS(=O)(=O)C(C)CCN. The third kappa shape index (κ3) is 4.04. The van der Waals surface area contributed by atoms with Crippen molar-refractivity contribution >= 4 is 9.84 Å². The zero-order chi connectivity index (χ0) is 9.61. The summed E-state index contributed by atoms with van der Waals surface area (Å²) in [6.07, 6.45) is 0.495. The van der Waals surface area contributed by atoms with Gasteiger partial charge in [-0.25, -0.2) is 8.42 Å². The Kier molecular flexibility index (Phi) is 5.44. The quantitative estimate of drug-likeness (QED) is 0.654. The third-order valence-corrected chi connectivity index (χ3v) is 3.59. The molecule has 1 atom stereocenters. The van der Waals surface area contributed by atoms with Crippen LogP contribution in [0.15, 0.2) is 0 Å². The summed E-state index contributed by atoms with van der Waals surface area (Å²) in [6, 6.07) is 0. The average Bonchev–Trinajstić information content (AvgIpc) is 2.01. The Labute approximate surface area is 74.0 Å². The van der Waals surface area contributed by atoms with Crippen LogP contribution in [0.4, 0.5) is 0 Å². The number of sulfone groups is 1. The Morgan fingerprint density at radius 3 is 2.50 bits per heavy atom. The van der Waals surface area contributed by atoms with Crippen molar-refractivity contribution < 1.29 is 13.2 Å². The van der Waals surface area contributed by atoms with Crippen molar-refractivity contribution in [3.05, 3.63) is 0 Å². The zero-order valence-corrected chi connectivity index (χ0v) is 8.43. The second kappa shape index (κ2) is 5.50. The second-order valence-electron chi connectivity index (χ2n) is 2.66. The maximum Gasteiger partial charge on any atom is 0.176 e. The lowest BCUT2D eigenvalue weighted by Crippen LogP contribution is -2.25. The smallest absolute Gasteiger partial charge is 0.176 e. The van der Waals surface area contributed by atoms with Crippen LogP contribution >= 0.6 is 0 Å². The minimum Gasteiger partial charge on any atom is -0.366 e. The van der Waals surface area contributed by atoms with Crippen molar-refractivity contribution in [3.8, 4) is 0 Å². The molecule has 12 heavy (non-hydrogen) atoms. The summed E-state index contributed by atoms with van der Waals surface area (Å²) in [7, 11) is -3.09. The summed E-state index contributed by atoms with van der Waals surface area (Å²) >= 11 is 0. The molecule has 0 aromatic carbocycles. The molecule has 0 fully saturated rings. The van der Waals surface area contributed by atoms with E-state index in [0.29, 0.717) is 19.6 Å². The molecule has 0 spiro atoms. The van der Waals surface area contributed by atoms with Crippen molar-refractivity contribution in [2.45, 2.75) is 25.5 Å². The van der Waals surface area contributed by atoms with Gasteiger partial charge in [0.25, 0.3) is 0 Å². The van der Waals surface area contributed by atoms with Crippen LogP contribution in [0.1, 0.15) is 20.3 Å². The Hall–Kier alpha value is -0.130. The van der Waals surface area contributed by atoms with Gasteiger partial charge >= 0.3 is 0 Å². The number of hydrogen-bond donors (Lipinski definition) is 1. The van der Waals surface area contributed by atoms with E-state index in [1.807, 2.05) is 0 Å². The molecule has 0 heterocycles. The minimum atomic E-state index is -3.09. The Balaban J connectivity index is 4.01. The van der Waals surface area contributed by atoms with E-state index in [2.05, 4.69) is 0 Å². The first-order valence-corrected chi connectivity index (χ1v) is 5.75. The summed E-state index contributed by atoms with van der Waals surface area (Å²) in [5, 5.41) is -0.394. The normalized spacial score (nSPS) is 14.6. The molecule has 5 heteroatoms. The molecular formula is C7H17NO3S. The van der Waals surface area contributed by atoms with Crippen LogP contribution in [0.25, 0.3) is 0 Å². The highest BCUT2D eigenvalue weighted by molar-refractivity contribution is 7.91. The lowest BCUT2D eigenvalue weighted by Gasteiger charge is -2.10. The molecule has 0 radical (unpaired) electrons. The number of rotatable bonds is 6.